The fourth-order valence-corrected chi connectivity index (χ4v) is 3.17. The maximum absolute atomic E-state index is 12.2. The molecule has 0 atom stereocenters. The molecule has 0 spiro atoms. The minimum Gasteiger partial charge on any atom is -0.339 e. The molecule has 2 aromatic rings. The Balaban J connectivity index is 1.99. The van der Waals surface area contributed by atoms with Crippen LogP contribution >= 0.6 is 0 Å². The molecule has 0 aliphatic carbocycles. The molecule has 6 nitrogen and oxygen atoms in total. The number of hydrogen-bond acceptors (Lipinski definition) is 5. The van der Waals surface area contributed by atoms with Crippen molar-refractivity contribution in [3.05, 3.63) is 41.5 Å². The summed E-state index contributed by atoms with van der Waals surface area (Å²) in [6.45, 7) is 7.92. The topological polar surface area (TPSA) is 85.1 Å². The quantitative estimate of drug-likeness (QED) is 0.911. The number of nitrogens with one attached hydrogen (secondary N) is 1. The van der Waals surface area contributed by atoms with Gasteiger partial charge >= 0.3 is 0 Å². The number of nitrogens with zero attached hydrogens (tertiary/aromatic N) is 2. The van der Waals surface area contributed by atoms with Crippen LogP contribution in [0.2, 0.25) is 0 Å². The molecule has 1 N–H and O–H groups in total. The number of hydrogen-bond donors (Lipinski definition) is 1. The first kappa shape index (κ1) is 16.6. The normalized spacial score (nSPS) is 12.5. The van der Waals surface area contributed by atoms with Crippen LogP contribution in [0.1, 0.15) is 38.0 Å². The summed E-state index contributed by atoms with van der Waals surface area (Å²) in [7, 11) is -3.52. The molecule has 0 saturated carbocycles. The minimum atomic E-state index is -3.52. The Bertz CT molecular complexity index is 745. The van der Waals surface area contributed by atoms with Gasteiger partial charge < -0.3 is 4.52 Å². The zero-order chi connectivity index (χ0) is 16.4. The van der Waals surface area contributed by atoms with E-state index in [1.54, 1.807) is 25.1 Å². The third-order valence-electron chi connectivity index (χ3n) is 3.13. The Kier molecular flexibility index (Phi) is 4.67. The van der Waals surface area contributed by atoms with E-state index in [2.05, 4.69) is 14.9 Å². The standard InChI is InChI=1S/C15H21N3O3S/c1-11-7-5-6-8-12(11)22(19,20)16-10-9-13-17-14(21-18-13)15(2,3)4/h5-8,16H,9-10H2,1-4H3. The Morgan fingerprint density at radius 2 is 1.91 bits per heavy atom. The van der Waals surface area contributed by atoms with Crippen molar-refractivity contribution in [3.8, 4) is 0 Å². The highest BCUT2D eigenvalue weighted by atomic mass is 32.2. The van der Waals surface area contributed by atoms with Gasteiger partial charge in [-0.1, -0.05) is 44.1 Å². The lowest BCUT2D eigenvalue weighted by Gasteiger charge is -2.10. The Morgan fingerprint density at radius 1 is 1.23 bits per heavy atom. The molecule has 0 saturated heterocycles. The Hall–Kier alpha value is -1.73. The molecular weight excluding hydrogens is 302 g/mol. The van der Waals surface area contributed by atoms with Crippen molar-refractivity contribution < 1.29 is 12.9 Å². The third-order valence-corrected chi connectivity index (χ3v) is 4.75. The van der Waals surface area contributed by atoms with Crippen molar-refractivity contribution in [2.24, 2.45) is 0 Å². The van der Waals surface area contributed by atoms with Crippen molar-refractivity contribution in [2.45, 2.75) is 44.4 Å². The first-order chi connectivity index (χ1) is 10.2. The molecule has 0 aliphatic heterocycles. The van der Waals surface area contributed by atoms with Crippen molar-refractivity contribution in [1.29, 1.82) is 0 Å². The summed E-state index contributed by atoms with van der Waals surface area (Å²) in [6.07, 6.45) is 0.380. The molecular formula is C15H21N3O3S. The lowest BCUT2D eigenvalue weighted by Crippen LogP contribution is -2.26. The van der Waals surface area contributed by atoms with Gasteiger partial charge in [0.25, 0.3) is 0 Å². The Morgan fingerprint density at radius 3 is 2.50 bits per heavy atom. The zero-order valence-electron chi connectivity index (χ0n) is 13.3. The lowest BCUT2D eigenvalue weighted by atomic mass is 9.97. The SMILES string of the molecule is Cc1ccccc1S(=O)(=O)NCCc1noc(C(C)(C)C)n1. The van der Waals surface area contributed by atoms with Crippen molar-refractivity contribution >= 4 is 10.0 Å². The smallest absolute Gasteiger partial charge is 0.240 e. The maximum Gasteiger partial charge on any atom is 0.240 e. The molecule has 0 bridgehead atoms. The van der Waals surface area contributed by atoms with Crippen LogP contribution < -0.4 is 4.72 Å². The first-order valence-electron chi connectivity index (χ1n) is 7.08. The second kappa shape index (κ2) is 6.18. The molecule has 0 radical (unpaired) electrons. The summed E-state index contributed by atoms with van der Waals surface area (Å²) in [5.41, 5.74) is 0.496. The van der Waals surface area contributed by atoms with E-state index in [9.17, 15) is 8.42 Å². The van der Waals surface area contributed by atoms with E-state index in [0.717, 1.165) is 0 Å². The van der Waals surface area contributed by atoms with Gasteiger partial charge in [0, 0.05) is 18.4 Å². The van der Waals surface area contributed by atoms with E-state index in [-0.39, 0.29) is 12.0 Å². The van der Waals surface area contributed by atoms with E-state index >= 15 is 0 Å². The van der Waals surface area contributed by atoms with Crippen LogP contribution in [0.15, 0.2) is 33.7 Å². The van der Waals surface area contributed by atoms with Crippen LogP contribution in [-0.4, -0.2) is 25.1 Å². The van der Waals surface area contributed by atoms with Crippen molar-refractivity contribution in [1.82, 2.24) is 14.9 Å². The average molecular weight is 323 g/mol. The molecule has 0 fully saturated rings. The number of benzene rings is 1. The van der Waals surface area contributed by atoms with Gasteiger partial charge in [0.2, 0.25) is 15.9 Å². The van der Waals surface area contributed by atoms with Gasteiger partial charge in [0.1, 0.15) is 0 Å². The fourth-order valence-electron chi connectivity index (χ4n) is 1.89. The van der Waals surface area contributed by atoms with Gasteiger partial charge in [-0.15, -0.1) is 0 Å². The van der Waals surface area contributed by atoms with Crippen LogP contribution in [0.3, 0.4) is 0 Å². The van der Waals surface area contributed by atoms with E-state index in [4.69, 9.17) is 4.52 Å². The molecule has 1 aromatic carbocycles. The summed E-state index contributed by atoms with van der Waals surface area (Å²) < 4.78 is 32.2. The molecule has 2 rings (SSSR count). The fraction of sp³-hybridized carbons (Fsp3) is 0.467. The van der Waals surface area contributed by atoms with E-state index in [0.29, 0.717) is 28.6 Å². The summed E-state index contributed by atoms with van der Waals surface area (Å²) >= 11 is 0. The summed E-state index contributed by atoms with van der Waals surface area (Å²) in [5.74, 6) is 1.04. The summed E-state index contributed by atoms with van der Waals surface area (Å²) in [5, 5.41) is 3.87. The van der Waals surface area contributed by atoms with Gasteiger partial charge in [-0.25, -0.2) is 13.1 Å². The first-order valence-corrected chi connectivity index (χ1v) is 8.57. The summed E-state index contributed by atoms with van der Waals surface area (Å²) in [4.78, 5) is 4.57. The van der Waals surface area contributed by atoms with Gasteiger partial charge in [0.15, 0.2) is 5.82 Å². The highest BCUT2D eigenvalue weighted by Crippen LogP contribution is 2.19. The third kappa shape index (κ3) is 3.92. The largest absolute Gasteiger partial charge is 0.339 e. The molecule has 1 heterocycles. The minimum absolute atomic E-state index is 0.216. The molecule has 0 aliphatic rings. The Labute approximate surface area is 131 Å². The highest BCUT2D eigenvalue weighted by molar-refractivity contribution is 7.89. The molecule has 22 heavy (non-hydrogen) atoms. The average Bonchev–Trinajstić information content (AvgIpc) is 2.87. The lowest BCUT2D eigenvalue weighted by molar-refractivity contribution is 0.318. The molecule has 120 valence electrons. The summed E-state index contributed by atoms with van der Waals surface area (Å²) in [6, 6.07) is 6.87. The van der Waals surface area contributed by atoms with E-state index < -0.39 is 10.0 Å². The number of sulfonamides is 1. The van der Waals surface area contributed by atoms with Crippen LogP contribution in [0, 0.1) is 6.92 Å². The number of aromatic nitrogens is 2. The zero-order valence-corrected chi connectivity index (χ0v) is 14.1. The highest BCUT2D eigenvalue weighted by Gasteiger charge is 2.22. The predicted molar refractivity (Wildman–Crippen MR) is 83.1 cm³/mol. The van der Waals surface area contributed by atoms with Gasteiger partial charge in [-0.05, 0) is 18.6 Å². The number of rotatable bonds is 5. The van der Waals surface area contributed by atoms with Crippen molar-refractivity contribution in [3.63, 3.8) is 0 Å². The predicted octanol–water partition coefficient (Wildman–Crippen LogP) is 2.20. The van der Waals surface area contributed by atoms with Gasteiger partial charge in [-0.3, -0.25) is 0 Å². The second-order valence-electron chi connectivity index (χ2n) is 6.18. The van der Waals surface area contributed by atoms with Crippen LogP contribution in [-0.2, 0) is 21.9 Å². The van der Waals surface area contributed by atoms with Gasteiger partial charge in [0.05, 0.1) is 4.90 Å². The van der Waals surface area contributed by atoms with Crippen LogP contribution in [0.5, 0.6) is 0 Å². The second-order valence-corrected chi connectivity index (χ2v) is 7.91. The van der Waals surface area contributed by atoms with Crippen LogP contribution in [0.25, 0.3) is 0 Å². The molecule has 1 aromatic heterocycles. The monoisotopic (exact) mass is 323 g/mol. The molecule has 7 heteroatoms. The van der Waals surface area contributed by atoms with E-state index in [1.807, 2.05) is 26.8 Å². The molecule has 0 unspecified atom stereocenters. The van der Waals surface area contributed by atoms with E-state index in [1.165, 1.54) is 0 Å². The van der Waals surface area contributed by atoms with Gasteiger partial charge in [-0.2, -0.15) is 4.98 Å². The maximum atomic E-state index is 12.2. The molecule has 0 amide bonds. The van der Waals surface area contributed by atoms with Crippen LogP contribution in [0.4, 0.5) is 0 Å². The number of aryl methyl sites for hydroxylation is 1. The van der Waals surface area contributed by atoms with Crippen molar-refractivity contribution in [2.75, 3.05) is 6.54 Å².